The highest BCUT2D eigenvalue weighted by atomic mass is 19.1. The van der Waals surface area contributed by atoms with Gasteiger partial charge in [0.2, 0.25) is 5.91 Å². The first-order valence-electron chi connectivity index (χ1n) is 13.8. The number of aromatic nitrogens is 4. The Morgan fingerprint density at radius 2 is 2.00 bits per heavy atom. The van der Waals surface area contributed by atoms with Gasteiger partial charge in [-0.05, 0) is 56.2 Å². The van der Waals surface area contributed by atoms with Crippen molar-refractivity contribution >= 4 is 22.7 Å². The van der Waals surface area contributed by atoms with Crippen LogP contribution in [-0.4, -0.2) is 86.5 Å². The van der Waals surface area contributed by atoms with Gasteiger partial charge in [0.1, 0.15) is 22.9 Å². The Kier molecular flexibility index (Phi) is 7.31. The molecule has 6 rings (SSSR count). The second-order valence-corrected chi connectivity index (χ2v) is 11.2. The number of amides is 2. The van der Waals surface area contributed by atoms with Crippen LogP contribution in [0.1, 0.15) is 35.7 Å². The normalized spacial score (nSPS) is 20.2. The third kappa shape index (κ3) is 5.41. The number of ether oxygens (including phenoxy) is 1. The molecule has 4 heterocycles. The quantitative estimate of drug-likeness (QED) is 0.347. The molecule has 2 fully saturated rings. The summed E-state index contributed by atoms with van der Waals surface area (Å²) in [7, 11) is 1.47. The molecule has 2 amide bonds. The van der Waals surface area contributed by atoms with Crippen LogP contribution in [0, 0.1) is 5.82 Å². The topological polar surface area (TPSA) is 116 Å². The van der Waals surface area contributed by atoms with Crippen molar-refractivity contribution in [2.75, 3.05) is 26.7 Å². The van der Waals surface area contributed by atoms with Crippen molar-refractivity contribution in [1.29, 1.82) is 0 Å². The number of halogens is 2. The van der Waals surface area contributed by atoms with Crippen LogP contribution in [0.5, 0.6) is 5.75 Å². The summed E-state index contributed by atoms with van der Waals surface area (Å²) in [6, 6.07) is 10.8. The van der Waals surface area contributed by atoms with Crippen molar-refractivity contribution in [3.05, 3.63) is 71.8 Å². The van der Waals surface area contributed by atoms with Gasteiger partial charge in [-0.25, -0.2) is 8.78 Å². The third-order valence-electron chi connectivity index (χ3n) is 8.00. The summed E-state index contributed by atoms with van der Waals surface area (Å²) in [5, 5.41) is 19.0. The smallest absolute Gasteiger partial charge is 0.251 e. The maximum absolute atomic E-state index is 14.9. The molecule has 12 heteroatoms. The lowest BCUT2D eigenvalue weighted by atomic mass is 9.92. The van der Waals surface area contributed by atoms with E-state index in [2.05, 4.69) is 25.7 Å². The lowest BCUT2D eigenvalue weighted by Gasteiger charge is -2.47. The minimum Gasteiger partial charge on any atom is -0.496 e. The van der Waals surface area contributed by atoms with Gasteiger partial charge >= 0.3 is 0 Å². The number of aromatic amines is 1. The molecule has 42 heavy (non-hydrogen) atoms. The average molecular weight is 576 g/mol. The van der Waals surface area contributed by atoms with Crippen LogP contribution in [0.2, 0.25) is 0 Å². The minimum absolute atomic E-state index is 0.0351. The van der Waals surface area contributed by atoms with E-state index in [4.69, 9.17) is 4.74 Å². The van der Waals surface area contributed by atoms with E-state index in [9.17, 15) is 18.4 Å². The molecule has 0 aliphatic carbocycles. The summed E-state index contributed by atoms with van der Waals surface area (Å²) in [6.07, 6.45) is 4.15. The standard InChI is InChI=1S/C30H31F2N7O3/c1-30(32)16-39(17-30)29(41)25-9-7-20(14-38(25)15-22-23(31)4-3-5-26(22)42-2)35-28(40)18-6-8-24-21(12-18)27(37-36-24)19-10-11-33-34-13-19/h3-6,8,10-13,20,25H,7,9,14-17H2,1-2H3,(H,35,40)(H,36,37)/t20-,25+/m1/s1. The summed E-state index contributed by atoms with van der Waals surface area (Å²) in [6.45, 7) is 1.95. The van der Waals surface area contributed by atoms with Crippen LogP contribution in [0.3, 0.4) is 0 Å². The highest BCUT2D eigenvalue weighted by molar-refractivity contribution is 6.01. The molecule has 2 atom stereocenters. The fourth-order valence-corrected chi connectivity index (χ4v) is 5.89. The van der Waals surface area contributed by atoms with E-state index >= 15 is 0 Å². The lowest BCUT2D eigenvalue weighted by Crippen LogP contribution is -2.64. The van der Waals surface area contributed by atoms with Crippen LogP contribution < -0.4 is 10.1 Å². The van der Waals surface area contributed by atoms with Crippen LogP contribution >= 0.6 is 0 Å². The van der Waals surface area contributed by atoms with Crippen molar-refractivity contribution in [3.8, 4) is 17.0 Å². The number of likely N-dealkylation sites (tertiary alicyclic amines) is 2. The molecule has 2 aliphatic heterocycles. The fourth-order valence-electron chi connectivity index (χ4n) is 5.89. The Labute approximate surface area is 241 Å². The number of alkyl halides is 1. The molecule has 4 aromatic rings. The van der Waals surface area contributed by atoms with E-state index in [0.29, 0.717) is 42.0 Å². The first-order valence-corrected chi connectivity index (χ1v) is 13.8. The van der Waals surface area contributed by atoms with Crippen molar-refractivity contribution < 1.29 is 23.1 Å². The van der Waals surface area contributed by atoms with Gasteiger partial charge in [-0.1, -0.05) is 6.07 Å². The zero-order valence-electron chi connectivity index (χ0n) is 23.3. The van der Waals surface area contributed by atoms with Crippen molar-refractivity contribution in [2.45, 2.75) is 44.1 Å². The van der Waals surface area contributed by atoms with E-state index in [-0.39, 0.29) is 37.5 Å². The van der Waals surface area contributed by atoms with Crippen LogP contribution in [0.25, 0.3) is 22.2 Å². The van der Waals surface area contributed by atoms with E-state index < -0.39 is 17.5 Å². The van der Waals surface area contributed by atoms with Crippen LogP contribution in [0.4, 0.5) is 8.78 Å². The van der Waals surface area contributed by atoms with Crippen LogP contribution in [0.15, 0.2) is 54.9 Å². The van der Waals surface area contributed by atoms with Crippen molar-refractivity contribution in [1.82, 2.24) is 35.5 Å². The molecular formula is C30H31F2N7O3. The zero-order valence-corrected chi connectivity index (χ0v) is 23.3. The first-order chi connectivity index (χ1) is 20.2. The Hall–Kier alpha value is -4.45. The molecule has 0 saturated carbocycles. The van der Waals surface area contributed by atoms with E-state index in [1.165, 1.54) is 25.0 Å². The Bertz CT molecular complexity index is 1620. The first kappa shape index (κ1) is 27.7. The number of rotatable bonds is 7. The number of benzene rings is 2. The molecule has 2 aromatic carbocycles. The number of piperidine rings is 1. The number of hydrogen-bond acceptors (Lipinski definition) is 7. The largest absolute Gasteiger partial charge is 0.496 e. The third-order valence-corrected chi connectivity index (χ3v) is 8.00. The van der Waals surface area contributed by atoms with Crippen molar-refractivity contribution in [2.24, 2.45) is 0 Å². The average Bonchev–Trinajstić information content (AvgIpc) is 3.40. The number of nitrogens with zero attached hydrogens (tertiary/aromatic N) is 5. The highest BCUT2D eigenvalue weighted by Gasteiger charge is 2.45. The number of carbonyl (C=O) groups excluding carboxylic acids is 2. The molecule has 2 saturated heterocycles. The zero-order chi connectivity index (χ0) is 29.4. The molecule has 0 spiro atoms. The summed E-state index contributed by atoms with van der Waals surface area (Å²) < 4.78 is 34.5. The van der Waals surface area contributed by atoms with E-state index in [1.807, 2.05) is 4.90 Å². The minimum atomic E-state index is -1.40. The van der Waals surface area contributed by atoms with Crippen molar-refractivity contribution in [3.63, 3.8) is 0 Å². The van der Waals surface area contributed by atoms with E-state index in [1.54, 1.807) is 48.8 Å². The fraction of sp³-hybridized carbons (Fsp3) is 0.367. The molecule has 2 aliphatic rings. The summed E-state index contributed by atoms with van der Waals surface area (Å²) in [4.78, 5) is 30.2. The monoisotopic (exact) mass is 575 g/mol. The number of fused-ring (bicyclic) bond motifs is 1. The van der Waals surface area contributed by atoms with Gasteiger partial charge in [-0.3, -0.25) is 19.6 Å². The van der Waals surface area contributed by atoms with Gasteiger partial charge in [-0.15, -0.1) is 0 Å². The molecule has 0 bridgehead atoms. The second-order valence-electron chi connectivity index (χ2n) is 11.2. The highest BCUT2D eigenvalue weighted by Crippen LogP contribution is 2.31. The molecule has 0 radical (unpaired) electrons. The molecular weight excluding hydrogens is 544 g/mol. The number of carbonyl (C=O) groups is 2. The molecule has 10 nitrogen and oxygen atoms in total. The maximum Gasteiger partial charge on any atom is 0.251 e. The Morgan fingerprint density at radius 1 is 1.17 bits per heavy atom. The maximum atomic E-state index is 14.9. The van der Waals surface area contributed by atoms with Gasteiger partial charge in [0, 0.05) is 41.2 Å². The Balaban J connectivity index is 1.22. The SMILES string of the molecule is COc1cccc(F)c1CN1C[C@H](NC(=O)c2ccc3[nH]nc(-c4ccnnc4)c3c2)CC[C@H]1C(=O)N1CC(C)(F)C1. The predicted octanol–water partition coefficient (Wildman–Crippen LogP) is 3.50. The second kappa shape index (κ2) is 11.1. The molecule has 0 unspecified atom stereocenters. The predicted molar refractivity (Wildman–Crippen MR) is 151 cm³/mol. The van der Waals surface area contributed by atoms with Gasteiger partial charge in [-0.2, -0.15) is 15.3 Å². The van der Waals surface area contributed by atoms with Gasteiger partial charge in [0.15, 0.2) is 0 Å². The number of nitrogens with one attached hydrogen (secondary N) is 2. The Morgan fingerprint density at radius 3 is 2.74 bits per heavy atom. The van der Waals surface area contributed by atoms with Crippen LogP contribution in [-0.2, 0) is 11.3 Å². The summed E-state index contributed by atoms with van der Waals surface area (Å²) in [5.74, 6) is -0.526. The molecule has 2 aromatic heterocycles. The van der Waals surface area contributed by atoms with E-state index in [0.717, 1.165) is 16.5 Å². The molecule has 2 N–H and O–H groups in total. The lowest BCUT2D eigenvalue weighted by molar-refractivity contribution is -0.151. The number of hydrogen-bond donors (Lipinski definition) is 2. The summed E-state index contributed by atoms with van der Waals surface area (Å²) >= 11 is 0. The van der Waals surface area contributed by atoms with Gasteiger partial charge in [0.25, 0.3) is 5.91 Å². The van der Waals surface area contributed by atoms with Gasteiger partial charge < -0.3 is 15.0 Å². The van der Waals surface area contributed by atoms with Gasteiger partial charge in [0.05, 0.1) is 44.2 Å². The molecule has 218 valence electrons. The number of H-pyrrole nitrogens is 1. The number of methoxy groups -OCH3 is 1. The summed E-state index contributed by atoms with van der Waals surface area (Å²) in [5.41, 5.74) is 1.59.